The first kappa shape index (κ1) is 28.2. The second-order valence-corrected chi connectivity index (χ2v) is 12.0. The first-order valence-corrected chi connectivity index (χ1v) is 13.8. The van der Waals surface area contributed by atoms with E-state index in [-0.39, 0.29) is 5.82 Å². The Bertz CT molecular complexity index is 1100. The second-order valence-electron chi connectivity index (χ2n) is 6.78. The van der Waals surface area contributed by atoms with Crippen molar-refractivity contribution >= 4 is 40.7 Å². The summed E-state index contributed by atoms with van der Waals surface area (Å²) in [7, 11) is -17.4. The van der Waals surface area contributed by atoms with Gasteiger partial charge in [-0.2, -0.15) is 9.29 Å². The monoisotopic (exact) mass is 559 g/mol. The number of aromatic nitrogens is 2. The normalized spacial score (nSPS) is 30.3. The quantitative estimate of drug-likeness (QED) is 0.156. The van der Waals surface area contributed by atoms with E-state index in [1.165, 1.54) is 0 Å². The summed E-state index contributed by atoms with van der Waals surface area (Å²) in [6.07, 6.45) is -3.05. The Balaban J connectivity index is 2.35. The summed E-state index contributed by atoms with van der Waals surface area (Å²) in [6, 6.07) is 1.15. The minimum absolute atomic E-state index is 0.179. The smallest absolute Gasteiger partial charge is 0.383 e. The molecule has 0 saturated carbocycles. The summed E-state index contributed by atoms with van der Waals surface area (Å²) >= 11 is 5.86. The number of rotatable bonds is 10. The lowest BCUT2D eigenvalue weighted by Crippen LogP contribution is -2.41. The summed E-state index contributed by atoms with van der Waals surface area (Å²) in [5.41, 5.74) is 2.22. The topological polar surface area (TPSA) is 221 Å². The fourth-order valence-corrected chi connectivity index (χ4v) is 7.08. The van der Waals surface area contributed by atoms with Crippen LogP contribution in [-0.4, -0.2) is 52.7 Å². The SMILES string of the molecule is C=C[C@H]1[C@@H](F)[C@H](n2ccc(N)nc2=O)O[C@]1(CCl)C[C@@H](F)P(=O)(O)OP(=O)(O)OP(=O)(O)O. The molecule has 14 nitrogen and oxygen atoms in total. The highest BCUT2D eigenvalue weighted by Crippen LogP contribution is 2.68. The van der Waals surface area contributed by atoms with Gasteiger partial charge in [-0.1, -0.05) is 6.08 Å². The molecule has 0 aromatic carbocycles. The van der Waals surface area contributed by atoms with Crippen molar-refractivity contribution in [2.75, 3.05) is 11.6 Å². The standard InChI is InChI=1S/C13H19ClF2N3O11P3/c1-2-7-10(16)11(19-4-3-9(17)18-12(19)20)28-13(7,6-14)5-8(15)31(21,22)29-33(26,27)30-32(23,24)25/h2-4,7-8,10-11H,1,5-6H2,(H,21,22)(H,26,27)(H2,17,18,20)(H2,23,24,25)/t7-,8-,10+,11+,13-/m0/s1. The zero-order chi connectivity index (χ0) is 25.4. The van der Waals surface area contributed by atoms with E-state index in [9.17, 15) is 32.7 Å². The third-order valence-corrected chi connectivity index (χ3v) is 9.26. The van der Waals surface area contributed by atoms with Crippen LogP contribution in [0.5, 0.6) is 0 Å². The van der Waals surface area contributed by atoms with Gasteiger partial charge < -0.3 is 30.0 Å². The van der Waals surface area contributed by atoms with Crippen molar-refractivity contribution in [1.29, 1.82) is 0 Å². The number of hydrogen-bond donors (Lipinski definition) is 5. The number of ether oxygens (including phenoxy) is 1. The lowest BCUT2D eigenvalue weighted by Gasteiger charge is -2.33. The van der Waals surface area contributed by atoms with Gasteiger partial charge in [0.2, 0.25) is 5.91 Å². The molecule has 1 aliphatic rings. The summed E-state index contributed by atoms with van der Waals surface area (Å²) in [4.78, 5) is 51.6. The van der Waals surface area contributed by atoms with Crippen molar-refractivity contribution in [3.8, 4) is 0 Å². The zero-order valence-electron chi connectivity index (χ0n) is 16.3. The Morgan fingerprint density at radius 3 is 2.45 bits per heavy atom. The minimum atomic E-state index is -5.92. The van der Waals surface area contributed by atoms with Crippen LogP contribution in [0.15, 0.2) is 29.7 Å². The fourth-order valence-electron chi connectivity index (χ4n) is 3.13. The first-order chi connectivity index (χ1) is 15.0. The average molecular weight is 560 g/mol. The predicted molar refractivity (Wildman–Crippen MR) is 108 cm³/mol. The molecule has 6 N–H and O–H groups in total. The van der Waals surface area contributed by atoms with Gasteiger partial charge in [-0.3, -0.25) is 9.13 Å². The maximum Gasteiger partial charge on any atom is 0.488 e. The van der Waals surface area contributed by atoms with Crippen molar-refractivity contribution < 1.29 is 55.4 Å². The number of halogens is 3. The van der Waals surface area contributed by atoms with Crippen LogP contribution in [0.4, 0.5) is 14.6 Å². The van der Waals surface area contributed by atoms with Crippen LogP contribution in [0.25, 0.3) is 0 Å². The molecule has 1 aromatic heterocycles. The number of anilines is 1. The van der Waals surface area contributed by atoms with E-state index in [4.69, 9.17) is 31.9 Å². The van der Waals surface area contributed by atoms with E-state index in [1.54, 1.807) is 0 Å². The molecule has 0 bridgehead atoms. The summed E-state index contributed by atoms with van der Waals surface area (Å²) in [5.74, 6) is -5.45. The van der Waals surface area contributed by atoms with Crippen LogP contribution >= 0.6 is 34.8 Å². The summed E-state index contributed by atoms with van der Waals surface area (Å²) < 4.78 is 77.6. The average Bonchev–Trinajstić information content (AvgIpc) is 2.90. The Hall–Kier alpha value is -1.02. The van der Waals surface area contributed by atoms with Crippen LogP contribution in [0.1, 0.15) is 12.6 Å². The predicted octanol–water partition coefficient (Wildman–Crippen LogP) is 1.57. The van der Waals surface area contributed by atoms with E-state index < -0.39 is 71.1 Å². The molecule has 1 aliphatic heterocycles. The van der Waals surface area contributed by atoms with E-state index in [2.05, 4.69) is 20.2 Å². The molecule has 1 saturated heterocycles. The fraction of sp³-hybridized carbons (Fsp3) is 0.538. The molecule has 0 radical (unpaired) electrons. The van der Waals surface area contributed by atoms with E-state index in [1.807, 2.05) is 0 Å². The van der Waals surface area contributed by atoms with Crippen molar-refractivity contribution in [3.63, 3.8) is 0 Å². The zero-order valence-corrected chi connectivity index (χ0v) is 19.7. The Labute approximate surface area is 189 Å². The van der Waals surface area contributed by atoms with Crippen molar-refractivity contribution in [2.45, 2.75) is 30.3 Å². The number of nitrogens with two attached hydrogens (primary N) is 1. The molecule has 0 amide bonds. The van der Waals surface area contributed by atoms with E-state index in [0.29, 0.717) is 4.57 Å². The van der Waals surface area contributed by atoms with Gasteiger partial charge >= 0.3 is 28.9 Å². The largest absolute Gasteiger partial charge is 0.488 e. The molecule has 1 aromatic rings. The van der Waals surface area contributed by atoms with Crippen molar-refractivity contribution in [2.24, 2.45) is 5.92 Å². The van der Waals surface area contributed by atoms with Gasteiger partial charge in [0.25, 0.3) is 0 Å². The number of phosphoric acid groups is 2. The number of hydrogen-bond acceptors (Lipinski definition) is 9. The molecule has 0 aliphatic carbocycles. The molecule has 7 atom stereocenters. The van der Waals surface area contributed by atoms with Crippen LogP contribution in [0.2, 0.25) is 0 Å². The number of alkyl halides is 3. The molecular weight excluding hydrogens is 541 g/mol. The van der Waals surface area contributed by atoms with Crippen molar-refractivity contribution in [3.05, 3.63) is 35.4 Å². The van der Waals surface area contributed by atoms with Crippen LogP contribution in [-0.2, 0) is 27.1 Å². The molecule has 33 heavy (non-hydrogen) atoms. The number of nitrogen functional groups attached to an aromatic ring is 1. The highest BCUT2D eigenvalue weighted by Gasteiger charge is 2.58. The molecule has 0 spiro atoms. The molecule has 188 valence electrons. The summed E-state index contributed by atoms with van der Waals surface area (Å²) in [5, 5.41) is 0. The molecule has 2 heterocycles. The van der Waals surface area contributed by atoms with Crippen molar-refractivity contribution in [1.82, 2.24) is 9.55 Å². The van der Waals surface area contributed by atoms with Crippen LogP contribution < -0.4 is 11.4 Å². The molecule has 1 fully saturated rings. The van der Waals surface area contributed by atoms with Gasteiger partial charge in [0.05, 0.1) is 11.5 Å². The molecular formula is C13H19ClF2N3O11P3. The van der Waals surface area contributed by atoms with Gasteiger partial charge in [-0.25, -0.2) is 27.0 Å². The van der Waals surface area contributed by atoms with E-state index >= 15 is 4.39 Å². The maximum atomic E-state index is 15.2. The lowest BCUT2D eigenvalue weighted by atomic mass is 9.85. The van der Waals surface area contributed by atoms with Gasteiger partial charge in [0, 0.05) is 18.5 Å². The van der Waals surface area contributed by atoms with Gasteiger partial charge in [-0.05, 0) is 6.07 Å². The Kier molecular flexibility index (Phi) is 8.48. The second kappa shape index (κ2) is 9.92. The van der Waals surface area contributed by atoms with Crippen LogP contribution in [0.3, 0.4) is 0 Å². The lowest BCUT2D eigenvalue weighted by molar-refractivity contribution is -0.0846. The Morgan fingerprint density at radius 2 is 1.97 bits per heavy atom. The highest BCUT2D eigenvalue weighted by molar-refractivity contribution is 7.68. The third kappa shape index (κ3) is 6.56. The van der Waals surface area contributed by atoms with Gasteiger partial charge in [-0.15, -0.1) is 18.2 Å². The molecule has 2 rings (SSSR count). The minimum Gasteiger partial charge on any atom is -0.383 e. The molecule has 2 unspecified atom stereocenters. The highest BCUT2D eigenvalue weighted by atomic mass is 35.5. The third-order valence-electron chi connectivity index (χ3n) is 4.48. The van der Waals surface area contributed by atoms with Gasteiger partial charge in [0.15, 0.2) is 12.4 Å². The Morgan fingerprint density at radius 1 is 1.36 bits per heavy atom. The first-order valence-electron chi connectivity index (χ1n) is 8.59. The summed E-state index contributed by atoms with van der Waals surface area (Å²) in [6.45, 7) is 3.39. The van der Waals surface area contributed by atoms with Crippen LogP contribution in [0, 0.1) is 5.92 Å². The van der Waals surface area contributed by atoms with E-state index in [0.717, 1.165) is 18.3 Å². The van der Waals surface area contributed by atoms with Gasteiger partial charge in [0.1, 0.15) is 5.82 Å². The molecule has 20 heteroatoms. The maximum absolute atomic E-state index is 15.2. The number of nitrogens with zero attached hydrogens (tertiary/aromatic N) is 2.